The van der Waals surface area contributed by atoms with Crippen molar-refractivity contribution in [1.29, 1.82) is 0 Å². The summed E-state index contributed by atoms with van der Waals surface area (Å²) in [5.74, 6) is 0.655. The van der Waals surface area contributed by atoms with E-state index >= 15 is 0 Å². The largest absolute Gasteiger partial charge is 0.473 e. The summed E-state index contributed by atoms with van der Waals surface area (Å²) in [6.07, 6.45) is 0.891. The van der Waals surface area contributed by atoms with E-state index in [0.717, 1.165) is 35.8 Å². The van der Waals surface area contributed by atoms with Gasteiger partial charge in [0.2, 0.25) is 5.88 Å². The van der Waals surface area contributed by atoms with Gasteiger partial charge in [-0.25, -0.2) is 4.98 Å². The number of hydrogen-bond donors (Lipinski definition) is 1. The van der Waals surface area contributed by atoms with Gasteiger partial charge in [-0.2, -0.15) is 0 Å². The third kappa shape index (κ3) is 4.73. The molecule has 0 radical (unpaired) electrons. The highest BCUT2D eigenvalue weighted by Crippen LogP contribution is 2.19. The van der Waals surface area contributed by atoms with Crippen LogP contribution in [-0.4, -0.2) is 11.5 Å². The molecular formula is C17H21ClN2O. The molecule has 0 aliphatic carbocycles. The molecule has 0 aliphatic heterocycles. The summed E-state index contributed by atoms with van der Waals surface area (Å²) in [5, 5.41) is 4.04. The average Bonchev–Trinajstić information content (AvgIpc) is 2.52. The summed E-state index contributed by atoms with van der Waals surface area (Å²) in [6.45, 7) is 6.39. The van der Waals surface area contributed by atoms with Gasteiger partial charge >= 0.3 is 0 Å². The number of halogens is 1. The predicted octanol–water partition coefficient (Wildman–Crippen LogP) is 3.99. The Morgan fingerprint density at radius 2 is 2.00 bits per heavy atom. The zero-order valence-electron chi connectivity index (χ0n) is 12.5. The topological polar surface area (TPSA) is 34.2 Å². The van der Waals surface area contributed by atoms with Crippen LogP contribution in [0.5, 0.6) is 5.88 Å². The van der Waals surface area contributed by atoms with Crippen molar-refractivity contribution >= 4 is 11.6 Å². The fourth-order valence-corrected chi connectivity index (χ4v) is 2.20. The molecule has 0 fully saturated rings. The Labute approximate surface area is 131 Å². The fourth-order valence-electron chi connectivity index (χ4n) is 2.01. The second kappa shape index (κ2) is 8.01. The molecule has 0 aliphatic rings. The summed E-state index contributed by atoms with van der Waals surface area (Å²) in [5.41, 5.74) is 3.20. The molecule has 112 valence electrons. The number of rotatable bonds is 7. The van der Waals surface area contributed by atoms with Crippen molar-refractivity contribution in [2.24, 2.45) is 0 Å². The highest BCUT2D eigenvalue weighted by atomic mass is 35.5. The van der Waals surface area contributed by atoms with Crippen LogP contribution < -0.4 is 10.1 Å². The van der Waals surface area contributed by atoms with Crippen LogP contribution in [0, 0.1) is 0 Å². The van der Waals surface area contributed by atoms with E-state index in [1.165, 1.54) is 5.56 Å². The quantitative estimate of drug-likeness (QED) is 0.840. The third-order valence-electron chi connectivity index (χ3n) is 3.19. The van der Waals surface area contributed by atoms with Gasteiger partial charge in [0.15, 0.2) is 0 Å². The lowest BCUT2D eigenvalue weighted by Gasteiger charge is -2.11. The van der Waals surface area contributed by atoms with Crippen LogP contribution in [0.1, 0.15) is 30.7 Å². The zero-order chi connectivity index (χ0) is 15.1. The first-order valence-electron chi connectivity index (χ1n) is 7.29. The summed E-state index contributed by atoms with van der Waals surface area (Å²) in [7, 11) is 0. The predicted molar refractivity (Wildman–Crippen MR) is 86.8 cm³/mol. The molecule has 4 heteroatoms. The minimum absolute atomic E-state index is 0.431. The van der Waals surface area contributed by atoms with E-state index in [1.807, 2.05) is 30.3 Å². The molecule has 2 aromatic rings. The van der Waals surface area contributed by atoms with Crippen LogP contribution in [0.15, 0.2) is 36.4 Å². The smallest absolute Gasteiger partial charge is 0.214 e. The second-order valence-electron chi connectivity index (χ2n) is 4.82. The molecule has 0 saturated heterocycles. The first-order valence-corrected chi connectivity index (χ1v) is 7.67. The molecular weight excluding hydrogens is 284 g/mol. The Morgan fingerprint density at radius 3 is 2.71 bits per heavy atom. The molecule has 1 heterocycles. The van der Waals surface area contributed by atoms with Crippen LogP contribution >= 0.6 is 11.6 Å². The Morgan fingerprint density at radius 1 is 1.19 bits per heavy atom. The number of aryl methyl sites for hydroxylation is 1. The van der Waals surface area contributed by atoms with Crippen LogP contribution in [0.25, 0.3) is 0 Å². The van der Waals surface area contributed by atoms with E-state index in [0.29, 0.717) is 12.5 Å². The summed E-state index contributed by atoms with van der Waals surface area (Å²) < 4.78 is 5.81. The minimum Gasteiger partial charge on any atom is -0.473 e. The normalized spacial score (nSPS) is 10.6. The number of aromatic nitrogens is 1. The van der Waals surface area contributed by atoms with Crippen LogP contribution in [0.3, 0.4) is 0 Å². The summed E-state index contributed by atoms with van der Waals surface area (Å²) in [4.78, 5) is 4.51. The van der Waals surface area contributed by atoms with Crippen LogP contribution in [-0.2, 0) is 19.6 Å². The average molecular weight is 305 g/mol. The standard InChI is InChI=1S/C17H21ClN2O/c1-3-15-9-13(11-19-4-2)10-17(20-15)21-12-14-7-5-6-8-16(14)18/h5-10,19H,3-4,11-12H2,1-2H3. The van der Waals surface area contributed by atoms with Crippen LogP contribution in [0.4, 0.5) is 0 Å². The molecule has 3 nitrogen and oxygen atoms in total. The van der Waals surface area contributed by atoms with Gasteiger partial charge in [0.25, 0.3) is 0 Å². The Bertz CT molecular complexity index is 587. The lowest BCUT2D eigenvalue weighted by Crippen LogP contribution is -2.12. The molecule has 2 rings (SSSR count). The molecule has 0 spiro atoms. The number of pyridine rings is 1. The maximum absolute atomic E-state index is 6.14. The number of ether oxygens (including phenoxy) is 1. The highest BCUT2D eigenvalue weighted by molar-refractivity contribution is 6.31. The first-order chi connectivity index (χ1) is 10.2. The molecule has 1 N–H and O–H groups in total. The van der Waals surface area contributed by atoms with Crippen molar-refractivity contribution in [2.45, 2.75) is 33.4 Å². The molecule has 1 aromatic heterocycles. The Balaban J connectivity index is 2.09. The lowest BCUT2D eigenvalue weighted by molar-refractivity contribution is 0.292. The van der Waals surface area contributed by atoms with Crippen molar-refractivity contribution in [3.63, 3.8) is 0 Å². The first kappa shape index (κ1) is 15.8. The van der Waals surface area contributed by atoms with E-state index in [2.05, 4.69) is 30.2 Å². The van der Waals surface area contributed by atoms with Crippen molar-refractivity contribution in [3.05, 3.63) is 58.2 Å². The van der Waals surface area contributed by atoms with E-state index < -0.39 is 0 Å². The SMILES string of the molecule is CCNCc1cc(CC)nc(OCc2ccccc2Cl)c1. The van der Waals surface area contributed by atoms with E-state index in [4.69, 9.17) is 16.3 Å². The molecule has 1 aromatic carbocycles. The zero-order valence-corrected chi connectivity index (χ0v) is 13.3. The lowest BCUT2D eigenvalue weighted by atomic mass is 10.2. The minimum atomic E-state index is 0.431. The Hall–Kier alpha value is -1.58. The number of nitrogens with one attached hydrogen (secondary N) is 1. The van der Waals surface area contributed by atoms with Gasteiger partial charge in [0, 0.05) is 28.9 Å². The van der Waals surface area contributed by atoms with Crippen molar-refractivity contribution in [3.8, 4) is 5.88 Å². The molecule has 0 bridgehead atoms. The van der Waals surface area contributed by atoms with Gasteiger partial charge in [-0.15, -0.1) is 0 Å². The monoisotopic (exact) mass is 304 g/mol. The molecule has 0 unspecified atom stereocenters. The number of nitrogens with zero attached hydrogens (tertiary/aromatic N) is 1. The van der Waals surface area contributed by atoms with Gasteiger partial charge in [-0.05, 0) is 30.7 Å². The highest BCUT2D eigenvalue weighted by Gasteiger charge is 2.05. The van der Waals surface area contributed by atoms with Gasteiger partial charge in [0.1, 0.15) is 6.61 Å². The molecule has 0 amide bonds. The van der Waals surface area contributed by atoms with Crippen molar-refractivity contribution < 1.29 is 4.74 Å². The van der Waals surface area contributed by atoms with Gasteiger partial charge < -0.3 is 10.1 Å². The molecule has 21 heavy (non-hydrogen) atoms. The van der Waals surface area contributed by atoms with E-state index in [9.17, 15) is 0 Å². The van der Waals surface area contributed by atoms with Crippen LogP contribution in [0.2, 0.25) is 5.02 Å². The third-order valence-corrected chi connectivity index (χ3v) is 3.56. The van der Waals surface area contributed by atoms with Gasteiger partial charge in [0.05, 0.1) is 0 Å². The van der Waals surface area contributed by atoms with Gasteiger partial charge in [-0.3, -0.25) is 0 Å². The maximum Gasteiger partial charge on any atom is 0.214 e. The van der Waals surface area contributed by atoms with Crippen molar-refractivity contribution in [1.82, 2.24) is 10.3 Å². The number of benzene rings is 1. The number of hydrogen-bond acceptors (Lipinski definition) is 3. The summed E-state index contributed by atoms with van der Waals surface area (Å²) in [6, 6.07) is 11.8. The van der Waals surface area contributed by atoms with Gasteiger partial charge in [-0.1, -0.05) is 43.6 Å². The van der Waals surface area contributed by atoms with E-state index in [1.54, 1.807) is 0 Å². The fraction of sp³-hybridized carbons (Fsp3) is 0.353. The Kier molecular flexibility index (Phi) is 6.03. The second-order valence-corrected chi connectivity index (χ2v) is 5.23. The van der Waals surface area contributed by atoms with E-state index in [-0.39, 0.29) is 0 Å². The molecule has 0 saturated carbocycles. The summed E-state index contributed by atoms with van der Waals surface area (Å²) >= 11 is 6.14. The van der Waals surface area contributed by atoms with Crippen molar-refractivity contribution in [2.75, 3.05) is 6.54 Å². The molecule has 0 atom stereocenters. The maximum atomic E-state index is 6.14.